The minimum atomic E-state index is 0.947. The summed E-state index contributed by atoms with van der Waals surface area (Å²) < 4.78 is 0. The van der Waals surface area contributed by atoms with Gasteiger partial charge in [0.15, 0.2) is 0 Å². The van der Waals surface area contributed by atoms with Gasteiger partial charge in [0.2, 0.25) is 0 Å². The van der Waals surface area contributed by atoms with Gasteiger partial charge in [-0.05, 0) is 48.5 Å². The van der Waals surface area contributed by atoms with Crippen LogP contribution in [0.2, 0.25) is 0 Å². The Balaban J connectivity index is 1.74. The van der Waals surface area contributed by atoms with E-state index in [1.807, 2.05) is 60.8 Å². The highest BCUT2D eigenvalue weighted by molar-refractivity contribution is 6.01. The minimum Gasteiger partial charge on any atom is -0.355 e. The number of anilines is 4. The van der Waals surface area contributed by atoms with Crippen molar-refractivity contribution in [3.8, 4) is 0 Å². The molecule has 0 aliphatic rings. The second-order valence-corrected chi connectivity index (χ2v) is 5.54. The number of fused-ring (bicyclic) bond motifs is 1. The lowest BCUT2D eigenvalue weighted by atomic mass is 10.1. The largest absolute Gasteiger partial charge is 0.355 e. The summed E-state index contributed by atoms with van der Waals surface area (Å²) in [6.07, 6.45) is 1.82. The fourth-order valence-electron chi connectivity index (χ4n) is 2.74. The zero-order valence-corrected chi connectivity index (χ0v) is 13.1. The topological polar surface area (TPSA) is 37.0 Å². The molecule has 0 saturated heterocycles. The van der Waals surface area contributed by atoms with E-state index < -0.39 is 0 Å². The maximum atomic E-state index is 4.58. The average molecular weight is 311 g/mol. The van der Waals surface area contributed by atoms with Gasteiger partial charge in [0.05, 0.1) is 11.2 Å². The number of para-hydroxylation sites is 2. The van der Waals surface area contributed by atoms with Gasteiger partial charge >= 0.3 is 0 Å². The molecule has 0 spiro atoms. The number of aromatic nitrogens is 1. The summed E-state index contributed by atoms with van der Waals surface area (Å²) in [6, 6.07) is 28.5. The molecular weight excluding hydrogens is 294 g/mol. The normalized spacial score (nSPS) is 10.5. The second-order valence-electron chi connectivity index (χ2n) is 5.54. The van der Waals surface area contributed by atoms with Crippen LogP contribution in [0.5, 0.6) is 0 Å². The summed E-state index contributed by atoms with van der Waals surface area (Å²) in [5, 5.41) is 8.00. The summed E-state index contributed by atoms with van der Waals surface area (Å²) in [6.45, 7) is 0. The van der Waals surface area contributed by atoms with Gasteiger partial charge < -0.3 is 10.6 Å². The molecule has 116 valence electrons. The van der Waals surface area contributed by atoms with Gasteiger partial charge in [0.1, 0.15) is 0 Å². The highest BCUT2D eigenvalue weighted by atomic mass is 14.9. The average Bonchev–Trinajstić information content (AvgIpc) is 2.65. The van der Waals surface area contributed by atoms with E-state index in [0.29, 0.717) is 0 Å². The van der Waals surface area contributed by atoms with Crippen LogP contribution in [0.25, 0.3) is 10.9 Å². The van der Waals surface area contributed by atoms with Gasteiger partial charge in [0.25, 0.3) is 0 Å². The molecule has 0 aliphatic carbocycles. The van der Waals surface area contributed by atoms with Gasteiger partial charge in [0, 0.05) is 28.6 Å². The molecule has 3 aromatic carbocycles. The number of hydrogen-bond donors (Lipinski definition) is 2. The molecule has 0 bridgehead atoms. The third-order valence-electron chi connectivity index (χ3n) is 3.88. The van der Waals surface area contributed by atoms with Gasteiger partial charge in [-0.3, -0.25) is 4.98 Å². The predicted octanol–water partition coefficient (Wildman–Crippen LogP) is 5.72. The zero-order valence-electron chi connectivity index (χ0n) is 13.1. The lowest BCUT2D eigenvalue weighted by molar-refractivity contribution is 1.40. The molecule has 3 nitrogen and oxygen atoms in total. The zero-order chi connectivity index (χ0) is 16.2. The standard InChI is InChI=1S/C21H17N3/c1-3-8-16(9-4-1)23-19-13-14-20(21-18(19)12-7-15-22-21)24-17-10-5-2-6-11-17/h1-15,23-24H. The minimum absolute atomic E-state index is 0.947. The molecule has 3 heteroatoms. The SMILES string of the molecule is c1ccc(Nc2ccc(Nc3ccccc3)c3ncccc23)cc1. The molecule has 0 unspecified atom stereocenters. The fourth-order valence-corrected chi connectivity index (χ4v) is 2.74. The van der Waals surface area contributed by atoms with E-state index in [2.05, 4.69) is 45.9 Å². The molecular formula is C21H17N3. The van der Waals surface area contributed by atoms with E-state index in [-0.39, 0.29) is 0 Å². The first kappa shape index (κ1) is 14.3. The molecule has 24 heavy (non-hydrogen) atoms. The molecule has 0 saturated carbocycles. The number of hydrogen-bond acceptors (Lipinski definition) is 3. The monoisotopic (exact) mass is 311 g/mol. The highest BCUT2D eigenvalue weighted by Crippen LogP contribution is 2.31. The Morgan fingerprint density at radius 1 is 0.542 bits per heavy atom. The van der Waals surface area contributed by atoms with E-state index in [4.69, 9.17) is 0 Å². The maximum Gasteiger partial charge on any atom is 0.0957 e. The summed E-state index contributed by atoms with van der Waals surface area (Å²) >= 11 is 0. The van der Waals surface area contributed by atoms with Crippen molar-refractivity contribution in [3.63, 3.8) is 0 Å². The van der Waals surface area contributed by atoms with Crippen LogP contribution >= 0.6 is 0 Å². The Hall–Kier alpha value is -3.33. The molecule has 0 aliphatic heterocycles. The quantitative estimate of drug-likeness (QED) is 0.506. The molecule has 2 N–H and O–H groups in total. The summed E-state index contributed by atoms with van der Waals surface area (Å²) in [4.78, 5) is 4.58. The molecule has 4 rings (SSSR count). The number of benzene rings is 3. The number of rotatable bonds is 4. The van der Waals surface area contributed by atoms with Crippen molar-refractivity contribution in [1.29, 1.82) is 0 Å². The first-order valence-corrected chi connectivity index (χ1v) is 7.92. The Labute approximate surface area is 141 Å². The first-order valence-electron chi connectivity index (χ1n) is 7.92. The molecule has 1 heterocycles. The third-order valence-corrected chi connectivity index (χ3v) is 3.88. The van der Waals surface area contributed by atoms with Crippen molar-refractivity contribution in [2.45, 2.75) is 0 Å². The van der Waals surface area contributed by atoms with Crippen LogP contribution in [0.4, 0.5) is 22.7 Å². The molecule has 0 atom stereocenters. The van der Waals surface area contributed by atoms with Crippen molar-refractivity contribution in [3.05, 3.63) is 91.1 Å². The van der Waals surface area contributed by atoms with Crippen LogP contribution < -0.4 is 10.6 Å². The Bertz CT molecular complexity index is 870. The lowest BCUT2D eigenvalue weighted by Gasteiger charge is -2.14. The van der Waals surface area contributed by atoms with Gasteiger partial charge in [-0.25, -0.2) is 0 Å². The Morgan fingerprint density at radius 3 is 1.79 bits per heavy atom. The summed E-state index contributed by atoms with van der Waals surface area (Å²) in [7, 11) is 0. The van der Waals surface area contributed by atoms with Crippen LogP contribution in [-0.2, 0) is 0 Å². The Morgan fingerprint density at radius 2 is 1.12 bits per heavy atom. The van der Waals surface area contributed by atoms with Crippen LogP contribution in [0.1, 0.15) is 0 Å². The smallest absolute Gasteiger partial charge is 0.0957 e. The Kier molecular flexibility index (Phi) is 3.82. The van der Waals surface area contributed by atoms with E-state index in [1.54, 1.807) is 0 Å². The number of nitrogens with zero attached hydrogens (tertiary/aromatic N) is 1. The van der Waals surface area contributed by atoms with E-state index in [0.717, 1.165) is 33.7 Å². The van der Waals surface area contributed by atoms with Crippen LogP contribution in [0, 0.1) is 0 Å². The first-order chi connectivity index (χ1) is 11.9. The highest BCUT2D eigenvalue weighted by Gasteiger charge is 2.07. The van der Waals surface area contributed by atoms with Crippen molar-refractivity contribution in [1.82, 2.24) is 4.98 Å². The predicted molar refractivity (Wildman–Crippen MR) is 101 cm³/mol. The van der Waals surface area contributed by atoms with Gasteiger partial charge in [-0.2, -0.15) is 0 Å². The number of pyridine rings is 1. The lowest BCUT2D eigenvalue weighted by Crippen LogP contribution is -1.96. The molecule has 0 fully saturated rings. The van der Waals surface area contributed by atoms with Crippen LogP contribution in [0.15, 0.2) is 91.1 Å². The van der Waals surface area contributed by atoms with Crippen LogP contribution in [-0.4, -0.2) is 4.98 Å². The van der Waals surface area contributed by atoms with Crippen molar-refractivity contribution in [2.75, 3.05) is 10.6 Å². The van der Waals surface area contributed by atoms with Crippen molar-refractivity contribution < 1.29 is 0 Å². The summed E-state index contributed by atoms with van der Waals surface area (Å²) in [5.74, 6) is 0. The van der Waals surface area contributed by atoms with Gasteiger partial charge in [-0.15, -0.1) is 0 Å². The van der Waals surface area contributed by atoms with Crippen molar-refractivity contribution in [2.24, 2.45) is 0 Å². The van der Waals surface area contributed by atoms with Crippen molar-refractivity contribution >= 4 is 33.7 Å². The molecule has 0 amide bonds. The van der Waals surface area contributed by atoms with E-state index in [1.165, 1.54) is 0 Å². The summed E-state index contributed by atoms with van der Waals surface area (Å²) in [5.41, 5.74) is 5.10. The van der Waals surface area contributed by atoms with Gasteiger partial charge in [-0.1, -0.05) is 36.4 Å². The third kappa shape index (κ3) is 2.92. The molecule has 4 aromatic rings. The van der Waals surface area contributed by atoms with E-state index in [9.17, 15) is 0 Å². The molecule has 0 radical (unpaired) electrons. The fraction of sp³-hybridized carbons (Fsp3) is 0. The number of nitrogens with one attached hydrogen (secondary N) is 2. The molecule has 1 aromatic heterocycles. The maximum absolute atomic E-state index is 4.58. The van der Waals surface area contributed by atoms with Crippen LogP contribution in [0.3, 0.4) is 0 Å². The second kappa shape index (κ2) is 6.42. The van der Waals surface area contributed by atoms with E-state index >= 15 is 0 Å².